The monoisotopic (exact) mass is 398 g/mol. The number of hydrogen-bond acceptors (Lipinski definition) is 4. The zero-order valence-corrected chi connectivity index (χ0v) is 16.4. The Morgan fingerprint density at radius 2 is 1.68 bits per heavy atom. The molecule has 2 aromatic rings. The van der Waals surface area contributed by atoms with Gasteiger partial charge in [-0.1, -0.05) is 11.6 Å². The van der Waals surface area contributed by atoms with Crippen LogP contribution in [-0.2, 0) is 10.0 Å². The van der Waals surface area contributed by atoms with Crippen LogP contribution in [0.5, 0.6) is 0 Å². The Bertz CT molecular complexity index is 864. The highest BCUT2D eigenvalue weighted by Gasteiger charge is 2.30. The number of benzene rings is 1. The maximum absolute atomic E-state index is 12.7. The van der Waals surface area contributed by atoms with E-state index in [0.29, 0.717) is 36.1 Å². The third-order valence-electron chi connectivity index (χ3n) is 4.35. The SMILES string of the molecule is Cc1cc(C(=O)N2CCN(S(=O)(=O)c3ccc(Cl)cc3)CC2)sc1C. The zero-order valence-electron chi connectivity index (χ0n) is 14.0. The largest absolute Gasteiger partial charge is 0.335 e. The van der Waals surface area contributed by atoms with Gasteiger partial charge in [-0.3, -0.25) is 4.79 Å². The molecular formula is C17H19ClN2O3S2. The number of nitrogens with zero attached hydrogens (tertiary/aromatic N) is 2. The van der Waals surface area contributed by atoms with Crippen molar-refractivity contribution in [2.24, 2.45) is 0 Å². The van der Waals surface area contributed by atoms with Gasteiger partial charge in [-0.05, 0) is 49.7 Å². The maximum Gasteiger partial charge on any atom is 0.264 e. The molecule has 0 radical (unpaired) electrons. The van der Waals surface area contributed by atoms with Gasteiger partial charge in [0, 0.05) is 36.1 Å². The van der Waals surface area contributed by atoms with Crippen molar-refractivity contribution in [2.45, 2.75) is 18.7 Å². The lowest BCUT2D eigenvalue weighted by atomic mass is 10.2. The number of hydrogen-bond donors (Lipinski definition) is 0. The highest BCUT2D eigenvalue weighted by molar-refractivity contribution is 7.89. The second-order valence-electron chi connectivity index (χ2n) is 6.00. The lowest BCUT2D eigenvalue weighted by Crippen LogP contribution is -2.50. The number of amides is 1. The molecule has 1 aromatic heterocycles. The van der Waals surface area contributed by atoms with Crippen LogP contribution >= 0.6 is 22.9 Å². The summed E-state index contributed by atoms with van der Waals surface area (Å²) in [6, 6.07) is 8.04. The van der Waals surface area contributed by atoms with Gasteiger partial charge in [-0.15, -0.1) is 11.3 Å². The van der Waals surface area contributed by atoms with Crippen LogP contribution in [-0.4, -0.2) is 49.7 Å². The first-order chi connectivity index (χ1) is 11.8. The topological polar surface area (TPSA) is 57.7 Å². The second kappa shape index (κ2) is 7.07. The van der Waals surface area contributed by atoms with Crippen LogP contribution in [0.1, 0.15) is 20.1 Å². The molecule has 1 aromatic carbocycles. The zero-order chi connectivity index (χ0) is 18.2. The number of rotatable bonds is 3. The van der Waals surface area contributed by atoms with E-state index in [4.69, 9.17) is 11.6 Å². The van der Waals surface area contributed by atoms with Gasteiger partial charge in [-0.25, -0.2) is 8.42 Å². The van der Waals surface area contributed by atoms with Crippen molar-refractivity contribution in [1.29, 1.82) is 0 Å². The van der Waals surface area contributed by atoms with Gasteiger partial charge in [0.2, 0.25) is 10.0 Å². The van der Waals surface area contributed by atoms with E-state index in [-0.39, 0.29) is 10.8 Å². The fraction of sp³-hybridized carbons (Fsp3) is 0.353. The normalized spacial score (nSPS) is 16.2. The van der Waals surface area contributed by atoms with Crippen molar-refractivity contribution >= 4 is 38.9 Å². The van der Waals surface area contributed by atoms with Crippen LogP contribution in [0.4, 0.5) is 0 Å². The van der Waals surface area contributed by atoms with Crippen LogP contribution in [0.3, 0.4) is 0 Å². The first-order valence-corrected chi connectivity index (χ1v) is 10.5. The molecule has 0 unspecified atom stereocenters. The second-order valence-corrected chi connectivity index (χ2v) is 9.63. The van der Waals surface area contributed by atoms with Crippen LogP contribution in [0.2, 0.25) is 5.02 Å². The predicted octanol–water partition coefficient (Wildman–Crippen LogP) is 3.17. The molecule has 1 amide bonds. The Labute approximate surface area is 156 Å². The van der Waals surface area contributed by atoms with Gasteiger partial charge >= 0.3 is 0 Å². The average Bonchev–Trinajstić information content (AvgIpc) is 2.94. The van der Waals surface area contributed by atoms with E-state index in [2.05, 4.69) is 0 Å². The summed E-state index contributed by atoms with van der Waals surface area (Å²) in [5, 5.41) is 0.496. The number of sulfonamides is 1. The molecule has 0 N–H and O–H groups in total. The number of carbonyl (C=O) groups is 1. The molecule has 3 rings (SSSR count). The minimum Gasteiger partial charge on any atom is -0.335 e. The molecule has 0 atom stereocenters. The lowest BCUT2D eigenvalue weighted by Gasteiger charge is -2.33. The van der Waals surface area contributed by atoms with E-state index in [1.165, 1.54) is 27.8 Å². The van der Waals surface area contributed by atoms with E-state index >= 15 is 0 Å². The van der Waals surface area contributed by atoms with Crippen LogP contribution < -0.4 is 0 Å². The summed E-state index contributed by atoms with van der Waals surface area (Å²) in [5.74, 6) is -0.0234. The number of carbonyl (C=O) groups excluding carboxylic acids is 1. The molecule has 134 valence electrons. The van der Waals surface area contributed by atoms with Gasteiger partial charge in [0.05, 0.1) is 9.77 Å². The highest BCUT2D eigenvalue weighted by atomic mass is 35.5. The third-order valence-corrected chi connectivity index (χ3v) is 7.66. The average molecular weight is 399 g/mol. The van der Waals surface area contributed by atoms with Crippen molar-refractivity contribution in [2.75, 3.05) is 26.2 Å². The van der Waals surface area contributed by atoms with Gasteiger partial charge in [0.1, 0.15) is 0 Å². The van der Waals surface area contributed by atoms with E-state index in [0.717, 1.165) is 10.4 Å². The van der Waals surface area contributed by atoms with Crippen LogP contribution in [0, 0.1) is 13.8 Å². The molecule has 5 nitrogen and oxygen atoms in total. The molecule has 0 bridgehead atoms. The van der Waals surface area contributed by atoms with Gasteiger partial charge in [-0.2, -0.15) is 4.31 Å². The van der Waals surface area contributed by atoms with E-state index in [1.807, 2.05) is 19.9 Å². The van der Waals surface area contributed by atoms with E-state index in [9.17, 15) is 13.2 Å². The molecule has 1 saturated heterocycles. The maximum atomic E-state index is 12.7. The van der Waals surface area contributed by atoms with Crippen molar-refractivity contribution in [1.82, 2.24) is 9.21 Å². The van der Waals surface area contributed by atoms with Gasteiger partial charge in [0.25, 0.3) is 5.91 Å². The Balaban J connectivity index is 1.69. The van der Waals surface area contributed by atoms with Gasteiger partial charge in [0.15, 0.2) is 0 Å². The molecule has 25 heavy (non-hydrogen) atoms. The molecule has 2 heterocycles. The number of halogens is 1. The predicted molar refractivity (Wildman–Crippen MR) is 99.9 cm³/mol. The Kier molecular flexibility index (Phi) is 5.20. The Morgan fingerprint density at radius 3 is 2.20 bits per heavy atom. The van der Waals surface area contributed by atoms with Crippen molar-refractivity contribution in [3.63, 3.8) is 0 Å². The molecule has 0 saturated carbocycles. The summed E-state index contributed by atoms with van der Waals surface area (Å²) >= 11 is 7.31. The van der Waals surface area contributed by atoms with Crippen LogP contribution in [0.15, 0.2) is 35.2 Å². The number of thiophene rings is 1. The lowest BCUT2D eigenvalue weighted by molar-refractivity contribution is 0.0702. The Hall–Kier alpha value is -1.41. The molecule has 1 aliphatic rings. The number of piperazine rings is 1. The highest BCUT2D eigenvalue weighted by Crippen LogP contribution is 2.24. The summed E-state index contributed by atoms with van der Waals surface area (Å²) in [5.41, 5.74) is 1.11. The quantitative estimate of drug-likeness (QED) is 0.797. The smallest absolute Gasteiger partial charge is 0.264 e. The summed E-state index contributed by atoms with van der Waals surface area (Å²) in [6.07, 6.45) is 0. The first-order valence-electron chi connectivity index (χ1n) is 7.91. The minimum atomic E-state index is -3.56. The third kappa shape index (κ3) is 3.74. The molecule has 1 fully saturated rings. The molecule has 8 heteroatoms. The summed E-state index contributed by atoms with van der Waals surface area (Å²) in [6.45, 7) is 5.34. The Morgan fingerprint density at radius 1 is 1.08 bits per heavy atom. The fourth-order valence-corrected chi connectivity index (χ4v) is 5.27. The summed E-state index contributed by atoms with van der Waals surface area (Å²) in [7, 11) is -3.56. The summed E-state index contributed by atoms with van der Waals surface area (Å²) in [4.78, 5) is 16.4. The van der Waals surface area contributed by atoms with Crippen LogP contribution in [0.25, 0.3) is 0 Å². The van der Waals surface area contributed by atoms with Crippen molar-refractivity contribution in [3.05, 3.63) is 50.7 Å². The fourth-order valence-electron chi connectivity index (χ4n) is 2.72. The molecule has 1 aliphatic heterocycles. The van der Waals surface area contributed by atoms with Crippen molar-refractivity contribution < 1.29 is 13.2 Å². The van der Waals surface area contributed by atoms with Crippen molar-refractivity contribution in [3.8, 4) is 0 Å². The van der Waals surface area contributed by atoms with E-state index < -0.39 is 10.0 Å². The molecule has 0 aliphatic carbocycles. The standard InChI is InChI=1S/C17H19ClN2O3S2/c1-12-11-16(24-13(12)2)17(21)19-7-9-20(10-8-19)25(22,23)15-5-3-14(18)4-6-15/h3-6,11H,7-10H2,1-2H3. The molecular weight excluding hydrogens is 380 g/mol. The molecule has 0 spiro atoms. The first kappa shape index (κ1) is 18.4. The van der Waals surface area contributed by atoms with E-state index in [1.54, 1.807) is 17.0 Å². The minimum absolute atomic E-state index is 0.0234. The number of aryl methyl sites for hydroxylation is 2. The summed E-state index contributed by atoms with van der Waals surface area (Å²) < 4.78 is 26.8. The van der Waals surface area contributed by atoms with Gasteiger partial charge < -0.3 is 4.90 Å².